The fourth-order valence-corrected chi connectivity index (χ4v) is 3.40. The van der Waals surface area contributed by atoms with Crippen molar-refractivity contribution >= 4 is 28.8 Å². The van der Waals surface area contributed by atoms with Crippen molar-refractivity contribution in [1.29, 1.82) is 0 Å². The Morgan fingerprint density at radius 2 is 2.14 bits per heavy atom. The van der Waals surface area contributed by atoms with E-state index in [0.29, 0.717) is 21.8 Å². The molecule has 2 heterocycles. The Morgan fingerprint density at radius 1 is 1.32 bits per heavy atom. The number of aliphatic imine (C=N–C) groups is 1. The predicted octanol–water partition coefficient (Wildman–Crippen LogP) is 2.03. The first-order valence-corrected chi connectivity index (χ1v) is 7.36. The lowest BCUT2D eigenvalue weighted by Gasteiger charge is -2.29. The third-order valence-electron chi connectivity index (χ3n) is 4.31. The highest BCUT2D eigenvalue weighted by Crippen LogP contribution is 2.46. The van der Waals surface area contributed by atoms with E-state index in [1.807, 2.05) is 30.3 Å². The molecule has 2 aromatic carbocycles. The molecular formula is C16H15ClN4O. The maximum Gasteiger partial charge on any atom is 0.176 e. The highest BCUT2D eigenvalue weighted by atomic mass is 35.5. The van der Waals surface area contributed by atoms with Gasteiger partial charge in [0, 0.05) is 29.7 Å². The highest BCUT2D eigenvalue weighted by molar-refractivity contribution is 6.30. The lowest BCUT2D eigenvalue weighted by molar-refractivity contribution is 0.159. The van der Waals surface area contributed by atoms with Crippen LogP contribution >= 0.6 is 11.6 Å². The Morgan fingerprint density at radius 3 is 2.95 bits per heavy atom. The molecule has 0 spiro atoms. The average molecular weight is 315 g/mol. The van der Waals surface area contributed by atoms with E-state index in [0.717, 1.165) is 17.8 Å². The lowest BCUT2D eigenvalue weighted by Crippen LogP contribution is -2.41. The van der Waals surface area contributed by atoms with E-state index in [1.165, 1.54) is 0 Å². The summed E-state index contributed by atoms with van der Waals surface area (Å²) in [6, 6.07) is 11.1. The quantitative estimate of drug-likeness (QED) is 0.753. The summed E-state index contributed by atoms with van der Waals surface area (Å²) in [6.45, 7) is 0.717. The van der Waals surface area contributed by atoms with Gasteiger partial charge in [-0.15, -0.1) is 0 Å². The van der Waals surface area contributed by atoms with Gasteiger partial charge >= 0.3 is 0 Å². The number of para-hydroxylation sites is 1. The van der Waals surface area contributed by atoms with Crippen LogP contribution in [0.5, 0.6) is 0 Å². The maximum absolute atomic E-state index is 11.4. The average Bonchev–Trinajstić information content (AvgIpc) is 3.00. The van der Waals surface area contributed by atoms with Crippen molar-refractivity contribution in [2.45, 2.75) is 12.1 Å². The summed E-state index contributed by atoms with van der Waals surface area (Å²) in [5.41, 5.74) is 11.9. The summed E-state index contributed by atoms with van der Waals surface area (Å²) < 4.78 is 0. The zero-order valence-electron chi connectivity index (χ0n) is 12.0. The number of amidine groups is 1. The number of hydrogen-bond acceptors (Lipinski definition) is 5. The fraction of sp³-hybridized carbons (Fsp3) is 0.188. The molecule has 5 nitrogen and oxygen atoms in total. The van der Waals surface area contributed by atoms with Gasteiger partial charge in [-0.2, -0.15) is 0 Å². The molecule has 0 fully saturated rings. The SMILES string of the molecule is CN1NCc2cccc(C3(O)C(N)=Nc4ccc(Cl)cc43)c21. The minimum absolute atomic E-state index is 0.165. The van der Waals surface area contributed by atoms with Crippen LogP contribution in [-0.4, -0.2) is 18.0 Å². The Balaban J connectivity index is 2.00. The van der Waals surface area contributed by atoms with E-state index < -0.39 is 5.60 Å². The highest BCUT2D eigenvalue weighted by Gasteiger charge is 2.45. The Kier molecular flexibility index (Phi) is 2.75. The number of hydrogen-bond donors (Lipinski definition) is 3. The molecule has 4 N–H and O–H groups in total. The number of nitrogens with two attached hydrogens (primary N) is 1. The first-order valence-electron chi connectivity index (χ1n) is 6.98. The molecule has 22 heavy (non-hydrogen) atoms. The van der Waals surface area contributed by atoms with Crippen molar-refractivity contribution in [3.05, 3.63) is 58.1 Å². The van der Waals surface area contributed by atoms with Crippen LogP contribution in [0.1, 0.15) is 16.7 Å². The topological polar surface area (TPSA) is 73.9 Å². The van der Waals surface area contributed by atoms with Crippen LogP contribution in [0.4, 0.5) is 11.4 Å². The molecule has 4 rings (SSSR count). The minimum atomic E-state index is -1.47. The molecule has 2 aliphatic rings. The van der Waals surface area contributed by atoms with Crippen LogP contribution in [0.15, 0.2) is 41.4 Å². The molecular weight excluding hydrogens is 300 g/mol. The zero-order valence-corrected chi connectivity index (χ0v) is 12.7. The van der Waals surface area contributed by atoms with Crippen molar-refractivity contribution in [2.75, 3.05) is 12.1 Å². The van der Waals surface area contributed by atoms with E-state index in [1.54, 1.807) is 18.2 Å². The van der Waals surface area contributed by atoms with Crippen LogP contribution in [0.2, 0.25) is 5.02 Å². The number of nitrogens with zero attached hydrogens (tertiary/aromatic N) is 2. The van der Waals surface area contributed by atoms with Gasteiger partial charge in [0.15, 0.2) is 5.60 Å². The number of benzene rings is 2. The van der Waals surface area contributed by atoms with Crippen LogP contribution < -0.4 is 16.2 Å². The molecule has 6 heteroatoms. The molecule has 1 unspecified atom stereocenters. The molecule has 0 radical (unpaired) electrons. The van der Waals surface area contributed by atoms with Crippen LogP contribution in [0.25, 0.3) is 0 Å². The number of halogens is 1. The van der Waals surface area contributed by atoms with Gasteiger partial charge in [0.25, 0.3) is 0 Å². The molecule has 0 saturated carbocycles. The second kappa shape index (κ2) is 4.46. The molecule has 0 aliphatic carbocycles. The molecule has 112 valence electrons. The van der Waals surface area contributed by atoms with Gasteiger partial charge in [-0.25, -0.2) is 10.4 Å². The number of rotatable bonds is 1. The summed E-state index contributed by atoms with van der Waals surface area (Å²) in [7, 11) is 1.92. The van der Waals surface area contributed by atoms with Crippen LogP contribution in [0.3, 0.4) is 0 Å². The van der Waals surface area contributed by atoms with Crippen LogP contribution in [0, 0.1) is 0 Å². The Bertz CT molecular complexity index is 820. The van der Waals surface area contributed by atoms with E-state index in [4.69, 9.17) is 17.3 Å². The van der Waals surface area contributed by atoms with Crippen molar-refractivity contribution in [3.63, 3.8) is 0 Å². The van der Waals surface area contributed by atoms with E-state index in [9.17, 15) is 5.11 Å². The maximum atomic E-state index is 11.4. The van der Waals surface area contributed by atoms with Gasteiger partial charge in [0.05, 0.1) is 11.4 Å². The number of anilines is 1. The summed E-state index contributed by atoms with van der Waals surface area (Å²) in [5.74, 6) is 0.165. The lowest BCUT2D eigenvalue weighted by atomic mass is 9.84. The Labute approximate surface area is 133 Å². The summed E-state index contributed by atoms with van der Waals surface area (Å²) >= 11 is 6.11. The molecule has 0 aromatic heterocycles. The molecule has 1 atom stereocenters. The number of hydrazine groups is 1. The van der Waals surface area contributed by atoms with Gasteiger partial charge in [-0.05, 0) is 23.8 Å². The van der Waals surface area contributed by atoms with Crippen molar-refractivity contribution in [1.82, 2.24) is 5.43 Å². The number of aliphatic hydroxyl groups is 1. The first kappa shape index (κ1) is 13.6. The largest absolute Gasteiger partial charge is 0.384 e. The monoisotopic (exact) mass is 314 g/mol. The van der Waals surface area contributed by atoms with Gasteiger partial charge in [0.1, 0.15) is 5.84 Å². The summed E-state index contributed by atoms with van der Waals surface area (Å²) in [6.07, 6.45) is 0. The van der Waals surface area contributed by atoms with E-state index >= 15 is 0 Å². The summed E-state index contributed by atoms with van der Waals surface area (Å²) in [4.78, 5) is 4.32. The van der Waals surface area contributed by atoms with E-state index in [2.05, 4.69) is 10.4 Å². The predicted molar refractivity (Wildman–Crippen MR) is 87.4 cm³/mol. The number of fused-ring (bicyclic) bond motifs is 2. The van der Waals surface area contributed by atoms with Gasteiger partial charge in [-0.3, -0.25) is 0 Å². The molecule has 0 saturated heterocycles. The summed E-state index contributed by atoms with van der Waals surface area (Å²) in [5, 5.41) is 13.9. The first-order chi connectivity index (χ1) is 10.5. The van der Waals surface area contributed by atoms with Crippen molar-refractivity contribution < 1.29 is 5.11 Å². The van der Waals surface area contributed by atoms with Gasteiger partial charge < -0.3 is 15.8 Å². The standard InChI is InChI=1S/C16H15ClN4O/c1-21-14-9(8-19-21)3-2-4-11(14)16(22)12-7-10(17)5-6-13(12)20-15(16)18/h2-7,19,22H,8H2,1H3,(H2,18,20). The molecule has 0 amide bonds. The van der Waals surface area contributed by atoms with Crippen molar-refractivity contribution in [3.8, 4) is 0 Å². The number of nitrogens with one attached hydrogen (secondary N) is 1. The van der Waals surface area contributed by atoms with E-state index in [-0.39, 0.29) is 5.84 Å². The minimum Gasteiger partial charge on any atom is -0.384 e. The molecule has 2 aromatic rings. The third-order valence-corrected chi connectivity index (χ3v) is 4.55. The fourth-order valence-electron chi connectivity index (χ4n) is 3.23. The smallest absolute Gasteiger partial charge is 0.176 e. The van der Waals surface area contributed by atoms with Crippen molar-refractivity contribution in [2.24, 2.45) is 10.7 Å². The normalized spacial score (nSPS) is 22.5. The molecule has 0 bridgehead atoms. The molecule has 2 aliphatic heterocycles. The second-order valence-corrected chi connectivity index (χ2v) is 6.01. The zero-order chi connectivity index (χ0) is 15.5. The van der Waals surface area contributed by atoms with Crippen LogP contribution in [-0.2, 0) is 12.1 Å². The second-order valence-electron chi connectivity index (χ2n) is 5.58. The van der Waals surface area contributed by atoms with Gasteiger partial charge in [0.2, 0.25) is 0 Å². The van der Waals surface area contributed by atoms with Gasteiger partial charge in [-0.1, -0.05) is 29.8 Å². The third kappa shape index (κ3) is 1.64. The Hall–Kier alpha value is -2.08.